The fourth-order valence-corrected chi connectivity index (χ4v) is 1.89. The lowest BCUT2D eigenvalue weighted by Crippen LogP contribution is -2.23. The summed E-state index contributed by atoms with van der Waals surface area (Å²) >= 11 is 0. The third-order valence-corrected chi connectivity index (χ3v) is 3.04. The number of hydrogen-bond donors (Lipinski definition) is 1. The van der Waals surface area contributed by atoms with Crippen LogP contribution in [-0.2, 0) is 11.3 Å². The Bertz CT molecular complexity index is 700. The lowest BCUT2D eigenvalue weighted by atomic mass is 10.2. The molecule has 0 amide bonds. The van der Waals surface area contributed by atoms with Crippen molar-refractivity contribution in [1.82, 2.24) is 0 Å². The van der Waals surface area contributed by atoms with Crippen molar-refractivity contribution < 1.29 is 23.4 Å². The zero-order valence-corrected chi connectivity index (χ0v) is 12.2. The average Bonchev–Trinajstić information content (AvgIpc) is 2.55. The van der Waals surface area contributed by atoms with Crippen LogP contribution in [0.3, 0.4) is 0 Å². The number of hydrogen-bond acceptors (Lipinski definition) is 4. The van der Waals surface area contributed by atoms with Gasteiger partial charge >= 0.3 is 0 Å². The first kappa shape index (κ1) is 16.9. The van der Waals surface area contributed by atoms with Gasteiger partial charge in [-0.3, -0.25) is 0 Å². The molecule has 0 aliphatic heterocycles. The van der Waals surface area contributed by atoms with Crippen LogP contribution in [0.5, 0.6) is 5.75 Å². The summed E-state index contributed by atoms with van der Waals surface area (Å²) in [6.07, 6.45) is -0.989. The molecule has 0 saturated carbocycles. The molecule has 2 aromatic rings. The molecule has 4 nitrogen and oxygen atoms in total. The number of aliphatic hydroxyl groups excluding tert-OH is 1. The maximum Gasteiger partial charge on any atom is 0.144 e. The molecular weight excluding hydrogens is 304 g/mol. The van der Waals surface area contributed by atoms with E-state index >= 15 is 0 Å². The van der Waals surface area contributed by atoms with E-state index in [0.717, 1.165) is 6.07 Å². The second-order valence-corrected chi connectivity index (χ2v) is 4.80. The van der Waals surface area contributed by atoms with Crippen LogP contribution in [0.25, 0.3) is 0 Å². The topological polar surface area (TPSA) is 62.5 Å². The van der Waals surface area contributed by atoms with Crippen LogP contribution in [-0.4, -0.2) is 24.4 Å². The van der Waals surface area contributed by atoms with Crippen molar-refractivity contribution in [3.63, 3.8) is 0 Å². The summed E-state index contributed by atoms with van der Waals surface area (Å²) in [6, 6.07) is 11.9. The number of nitrogens with zero attached hydrogens (tertiary/aromatic N) is 1. The van der Waals surface area contributed by atoms with E-state index in [2.05, 4.69) is 0 Å². The highest BCUT2D eigenvalue weighted by Crippen LogP contribution is 2.20. The van der Waals surface area contributed by atoms with Crippen LogP contribution in [0.1, 0.15) is 11.1 Å². The number of nitriles is 1. The maximum atomic E-state index is 13.4. The number of benzene rings is 2. The summed E-state index contributed by atoms with van der Waals surface area (Å²) in [7, 11) is 0. The molecule has 0 aromatic heterocycles. The molecule has 6 heteroatoms. The number of rotatable bonds is 7. The SMILES string of the molecule is N#Cc1c(F)cccc1OC[C@@H](O)COCc1ccccc1F. The van der Waals surface area contributed by atoms with Crippen molar-refractivity contribution in [2.24, 2.45) is 0 Å². The van der Waals surface area contributed by atoms with E-state index in [0.29, 0.717) is 5.56 Å². The van der Waals surface area contributed by atoms with Gasteiger partial charge in [-0.15, -0.1) is 0 Å². The molecule has 0 spiro atoms. The molecule has 2 aromatic carbocycles. The lowest BCUT2D eigenvalue weighted by molar-refractivity contribution is 0.00466. The van der Waals surface area contributed by atoms with Gasteiger partial charge in [-0.1, -0.05) is 24.3 Å². The second kappa shape index (κ2) is 8.22. The molecule has 1 atom stereocenters. The lowest BCUT2D eigenvalue weighted by Gasteiger charge is -2.14. The molecule has 0 radical (unpaired) electrons. The van der Waals surface area contributed by atoms with Gasteiger partial charge in [-0.05, 0) is 18.2 Å². The standard InChI is InChI=1S/C17H15F2NO3/c18-15-5-2-1-4-12(15)9-22-10-13(21)11-23-17-7-3-6-16(19)14(17)8-20/h1-7,13,21H,9-11H2/t13-/m0/s1. The van der Waals surface area contributed by atoms with E-state index in [1.165, 1.54) is 18.2 Å². The van der Waals surface area contributed by atoms with E-state index in [9.17, 15) is 13.9 Å². The summed E-state index contributed by atoms with van der Waals surface area (Å²) in [6.45, 7) is -0.228. The Labute approximate surface area is 132 Å². The Morgan fingerprint density at radius 2 is 1.78 bits per heavy atom. The van der Waals surface area contributed by atoms with Gasteiger partial charge in [0.05, 0.1) is 13.2 Å². The average molecular weight is 319 g/mol. The zero-order chi connectivity index (χ0) is 16.7. The van der Waals surface area contributed by atoms with Crippen LogP contribution in [0.2, 0.25) is 0 Å². The summed E-state index contributed by atoms with van der Waals surface area (Å²) in [5.74, 6) is -1.01. The molecule has 0 unspecified atom stereocenters. The minimum atomic E-state index is -0.989. The van der Waals surface area contributed by atoms with Gasteiger partial charge in [0.15, 0.2) is 0 Å². The predicted molar refractivity (Wildman–Crippen MR) is 78.7 cm³/mol. The predicted octanol–water partition coefficient (Wildman–Crippen LogP) is 2.79. The van der Waals surface area contributed by atoms with Gasteiger partial charge in [0.1, 0.15) is 41.7 Å². The zero-order valence-electron chi connectivity index (χ0n) is 12.2. The molecule has 0 saturated heterocycles. The molecule has 0 bridgehead atoms. The van der Waals surface area contributed by atoms with Crippen LogP contribution in [0.15, 0.2) is 42.5 Å². The summed E-state index contributed by atoms with van der Waals surface area (Å²) in [5.41, 5.74) is 0.171. The van der Waals surface area contributed by atoms with Gasteiger partial charge in [0.2, 0.25) is 0 Å². The van der Waals surface area contributed by atoms with Gasteiger partial charge in [-0.25, -0.2) is 8.78 Å². The van der Waals surface area contributed by atoms with E-state index in [-0.39, 0.29) is 37.0 Å². The fourth-order valence-electron chi connectivity index (χ4n) is 1.89. The quantitative estimate of drug-likeness (QED) is 0.852. The number of aliphatic hydroxyl groups is 1. The van der Waals surface area contributed by atoms with Crippen molar-refractivity contribution in [2.75, 3.05) is 13.2 Å². The molecular formula is C17H15F2NO3. The van der Waals surface area contributed by atoms with Crippen molar-refractivity contribution in [2.45, 2.75) is 12.7 Å². The highest BCUT2D eigenvalue weighted by atomic mass is 19.1. The van der Waals surface area contributed by atoms with E-state index in [1.807, 2.05) is 0 Å². The highest BCUT2D eigenvalue weighted by molar-refractivity contribution is 5.43. The third kappa shape index (κ3) is 4.74. The molecule has 0 heterocycles. The maximum absolute atomic E-state index is 13.4. The molecule has 23 heavy (non-hydrogen) atoms. The largest absolute Gasteiger partial charge is 0.489 e. The Morgan fingerprint density at radius 3 is 2.52 bits per heavy atom. The normalized spacial score (nSPS) is 11.7. The highest BCUT2D eigenvalue weighted by Gasteiger charge is 2.12. The van der Waals surface area contributed by atoms with Crippen molar-refractivity contribution >= 4 is 0 Å². The van der Waals surface area contributed by atoms with E-state index in [1.54, 1.807) is 24.3 Å². The molecule has 0 aliphatic rings. The van der Waals surface area contributed by atoms with Crippen molar-refractivity contribution in [3.8, 4) is 11.8 Å². The van der Waals surface area contributed by atoms with Gasteiger partial charge < -0.3 is 14.6 Å². The van der Waals surface area contributed by atoms with Gasteiger partial charge in [0.25, 0.3) is 0 Å². The van der Waals surface area contributed by atoms with E-state index < -0.39 is 11.9 Å². The minimum absolute atomic E-state index is 0.0210. The Hall–Kier alpha value is -2.49. The summed E-state index contributed by atoms with van der Waals surface area (Å²) in [5, 5.41) is 18.6. The van der Waals surface area contributed by atoms with Gasteiger partial charge in [-0.2, -0.15) is 5.26 Å². The third-order valence-electron chi connectivity index (χ3n) is 3.04. The molecule has 120 valence electrons. The van der Waals surface area contributed by atoms with Crippen LogP contribution < -0.4 is 4.74 Å². The van der Waals surface area contributed by atoms with Crippen LogP contribution >= 0.6 is 0 Å². The van der Waals surface area contributed by atoms with Crippen molar-refractivity contribution in [1.29, 1.82) is 5.26 Å². The second-order valence-electron chi connectivity index (χ2n) is 4.80. The Morgan fingerprint density at radius 1 is 1.04 bits per heavy atom. The smallest absolute Gasteiger partial charge is 0.144 e. The van der Waals surface area contributed by atoms with E-state index in [4.69, 9.17) is 14.7 Å². The van der Waals surface area contributed by atoms with Gasteiger partial charge in [0, 0.05) is 5.56 Å². The first-order chi connectivity index (χ1) is 11.1. The summed E-state index contributed by atoms with van der Waals surface area (Å²) < 4.78 is 37.2. The first-order valence-corrected chi connectivity index (χ1v) is 6.92. The monoisotopic (exact) mass is 319 g/mol. The first-order valence-electron chi connectivity index (χ1n) is 6.92. The minimum Gasteiger partial charge on any atom is -0.489 e. The Kier molecular flexibility index (Phi) is 6.03. The fraction of sp³-hybridized carbons (Fsp3) is 0.235. The molecule has 1 N–H and O–H groups in total. The summed E-state index contributed by atoms with van der Waals surface area (Å²) in [4.78, 5) is 0. The van der Waals surface area contributed by atoms with Crippen molar-refractivity contribution in [3.05, 3.63) is 65.2 Å². The van der Waals surface area contributed by atoms with Crippen LogP contribution in [0.4, 0.5) is 8.78 Å². The molecule has 0 aliphatic carbocycles. The Balaban J connectivity index is 1.80. The molecule has 2 rings (SSSR count). The van der Waals surface area contributed by atoms with Crippen LogP contribution in [0, 0.1) is 23.0 Å². The molecule has 0 fully saturated rings. The number of ether oxygens (including phenoxy) is 2. The number of halogens is 2.